The van der Waals surface area contributed by atoms with Crippen LogP contribution in [-0.2, 0) is 0 Å². The minimum Gasteiger partial charge on any atom is -0.508 e. The standard InChI is InChI=1S/C10H13FO2/c1-6-3-8(7(2)5-12)9(11)4-10(6)13/h3-4,7,12-13H,5H2,1-2H3. The van der Waals surface area contributed by atoms with Gasteiger partial charge in [-0.2, -0.15) is 0 Å². The van der Waals surface area contributed by atoms with Gasteiger partial charge in [-0.15, -0.1) is 0 Å². The monoisotopic (exact) mass is 184 g/mol. The molecule has 0 bridgehead atoms. The molecule has 72 valence electrons. The topological polar surface area (TPSA) is 40.5 Å². The number of aliphatic hydroxyl groups excluding tert-OH is 1. The maximum absolute atomic E-state index is 13.2. The van der Waals surface area contributed by atoms with Crippen molar-refractivity contribution in [1.29, 1.82) is 0 Å². The first-order chi connectivity index (χ1) is 6.06. The summed E-state index contributed by atoms with van der Waals surface area (Å²) in [5.41, 5.74) is 1.06. The second-order valence-corrected chi connectivity index (χ2v) is 3.24. The van der Waals surface area contributed by atoms with Crippen molar-refractivity contribution in [2.75, 3.05) is 6.61 Å². The number of aryl methyl sites for hydroxylation is 1. The van der Waals surface area contributed by atoms with Crippen molar-refractivity contribution in [3.05, 3.63) is 29.1 Å². The molecule has 1 aromatic carbocycles. The van der Waals surface area contributed by atoms with Gasteiger partial charge in [0, 0.05) is 18.6 Å². The van der Waals surface area contributed by atoms with E-state index in [0.717, 1.165) is 6.07 Å². The molecule has 0 aliphatic heterocycles. The van der Waals surface area contributed by atoms with Crippen LogP contribution in [0.3, 0.4) is 0 Å². The summed E-state index contributed by atoms with van der Waals surface area (Å²) >= 11 is 0. The van der Waals surface area contributed by atoms with Crippen LogP contribution in [0.2, 0.25) is 0 Å². The van der Waals surface area contributed by atoms with Crippen molar-refractivity contribution in [3.8, 4) is 5.75 Å². The molecule has 1 unspecified atom stereocenters. The van der Waals surface area contributed by atoms with E-state index in [1.54, 1.807) is 19.9 Å². The molecule has 13 heavy (non-hydrogen) atoms. The zero-order chi connectivity index (χ0) is 10.0. The summed E-state index contributed by atoms with van der Waals surface area (Å²) in [6.45, 7) is 3.33. The van der Waals surface area contributed by atoms with Gasteiger partial charge in [-0.1, -0.05) is 6.92 Å². The summed E-state index contributed by atoms with van der Waals surface area (Å²) < 4.78 is 13.2. The third kappa shape index (κ3) is 1.98. The van der Waals surface area contributed by atoms with Gasteiger partial charge >= 0.3 is 0 Å². The fourth-order valence-electron chi connectivity index (χ4n) is 1.17. The number of aliphatic hydroxyl groups is 1. The second kappa shape index (κ2) is 3.75. The zero-order valence-electron chi connectivity index (χ0n) is 7.71. The van der Waals surface area contributed by atoms with Gasteiger partial charge in [0.05, 0.1) is 0 Å². The molecule has 0 radical (unpaired) electrons. The molecule has 0 amide bonds. The van der Waals surface area contributed by atoms with Gasteiger partial charge in [0.2, 0.25) is 0 Å². The quantitative estimate of drug-likeness (QED) is 0.737. The lowest BCUT2D eigenvalue weighted by Crippen LogP contribution is -2.02. The molecule has 0 aliphatic carbocycles. The molecule has 1 rings (SSSR count). The number of hydrogen-bond acceptors (Lipinski definition) is 2. The van der Waals surface area contributed by atoms with Gasteiger partial charge in [-0.3, -0.25) is 0 Å². The van der Waals surface area contributed by atoms with E-state index in [0.29, 0.717) is 11.1 Å². The molecule has 0 saturated carbocycles. The lowest BCUT2D eigenvalue weighted by molar-refractivity contribution is 0.270. The molecule has 0 aromatic heterocycles. The first kappa shape index (κ1) is 9.99. The zero-order valence-corrected chi connectivity index (χ0v) is 7.71. The van der Waals surface area contributed by atoms with Crippen molar-refractivity contribution in [2.45, 2.75) is 19.8 Å². The predicted octanol–water partition coefficient (Wildman–Crippen LogP) is 1.94. The van der Waals surface area contributed by atoms with E-state index >= 15 is 0 Å². The van der Waals surface area contributed by atoms with Gasteiger partial charge in [-0.25, -0.2) is 4.39 Å². The highest BCUT2D eigenvalue weighted by atomic mass is 19.1. The Labute approximate surface area is 76.6 Å². The predicted molar refractivity (Wildman–Crippen MR) is 48.3 cm³/mol. The Morgan fingerprint density at radius 1 is 1.46 bits per heavy atom. The van der Waals surface area contributed by atoms with Crippen LogP contribution < -0.4 is 0 Å². The van der Waals surface area contributed by atoms with E-state index in [-0.39, 0.29) is 18.3 Å². The maximum atomic E-state index is 13.2. The molecule has 1 atom stereocenters. The summed E-state index contributed by atoms with van der Waals surface area (Å²) in [4.78, 5) is 0. The van der Waals surface area contributed by atoms with E-state index in [2.05, 4.69) is 0 Å². The highest BCUT2D eigenvalue weighted by molar-refractivity contribution is 5.37. The van der Waals surface area contributed by atoms with Gasteiger partial charge < -0.3 is 10.2 Å². The lowest BCUT2D eigenvalue weighted by Gasteiger charge is -2.11. The summed E-state index contributed by atoms with van der Waals surface area (Å²) in [5.74, 6) is -0.754. The first-order valence-electron chi connectivity index (χ1n) is 4.16. The minimum absolute atomic E-state index is 0.0496. The highest BCUT2D eigenvalue weighted by Crippen LogP contribution is 2.25. The molecule has 2 N–H and O–H groups in total. The SMILES string of the molecule is Cc1cc(C(C)CO)c(F)cc1O. The normalized spacial score (nSPS) is 12.9. The van der Waals surface area contributed by atoms with E-state index < -0.39 is 5.82 Å². The average Bonchev–Trinajstić information content (AvgIpc) is 2.10. The Hall–Kier alpha value is -1.09. The van der Waals surface area contributed by atoms with Crippen molar-refractivity contribution < 1.29 is 14.6 Å². The van der Waals surface area contributed by atoms with E-state index in [4.69, 9.17) is 5.11 Å². The van der Waals surface area contributed by atoms with Crippen LogP contribution in [-0.4, -0.2) is 16.8 Å². The Morgan fingerprint density at radius 2 is 2.08 bits per heavy atom. The van der Waals surface area contributed by atoms with E-state index in [1.807, 2.05) is 0 Å². The smallest absolute Gasteiger partial charge is 0.130 e. The maximum Gasteiger partial charge on any atom is 0.130 e. The third-order valence-corrected chi connectivity index (χ3v) is 2.12. The number of benzene rings is 1. The highest BCUT2D eigenvalue weighted by Gasteiger charge is 2.12. The number of phenolic OH excluding ortho intramolecular Hbond substituents is 1. The van der Waals surface area contributed by atoms with Crippen molar-refractivity contribution in [3.63, 3.8) is 0 Å². The van der Waals surface area contributed by atoms with Crippen LogP contribution in [0, 0.1) is 12.7 Å². The Balaban J connectivity index is 3.15. The molecule has 0 aliphatic rings. The summed E-state index contributed by atoms with van der Waals surface area (Å²) in [5, 5.41) is 18.0. The summed E-state index contributed by atoms with van der Waals surface area (Å²) in [6, 6.07) is 2.64. The van der Waals surface area contributed by atoms with Crippen LogP contribution in [0.15, 0.2) is 12.1 Å². The first-order valence-corrected chi connectivity index (χ1v) is 4.16. The number of halogens is 1. The number of hydrogen-bond donors (Lipinski definition) is 2. The van der Waals surface area contributed by atoms with Crippen molar-refractivity contribution in [1.82, 2.24) is 0 Å². The second-order valence-electron chi connectivity index (χ2n) is 3.24. The molecule has 0 heterocycles. The molecule has 0 spiro atoms. The molecule has 3 heteroatoms. The number of aromatic hydroxyl groups is 1. The van der Waals surface area contributed by atoms with E-state index in [1.165, 1.54) is 0 Å². The molecule has 1 aromatic rings. The Kier molecular flexibility index (Phi) is 2.88. The van der Waals surface area contributed by atoms with Crippen molar-refractivity contribution >= 4 is 0 Å². The van der Waals surface area contributed by atoms with Crippen LogP contribution in [0.5, 0.6) is 5.75 Å². The lowest BCUT2D eigenvalue weighted by atomic mass is 9.99. The molecule has 2 nitrogen and oxygen atoms in total. The van der Waals surface area contributed by atoms with Gasteiger partial charge in [0.15, 0.2) is 0 Å². The fourth-order valence-corrected chi connectivity index (χ4v) is 1.17. The molecular weight excluding hydrogens is 171 g/mol. The van der Waals surface area contributed by atoms with Crippen LogP contribution in [0.1, 0.15) is 24.0 Å². The van der Waals surface area contributed by atoms with Crippen molar-refractivity contribution in [2.24, 2.45) is 0 Å². The largest absolute Gasteiger partial charge is 0.508 e. The fraction of sp³-hybridized carbons (Fsp3) is 0.400. The van der Waals surface area contributed by atoms with Gasteiger partial charge in [-0.05, 0) is 24.1 Å². The summed E-state index contributed by atoms with van der Waals surface area (Å²) in [7, 11) is 0. The third-order valence-electron chi connectivity index (χ3n) is 2.12. The average molecular weight is 184 g/mol. The Bertz CT molecular complexity index is 310. The number of phenols is 1. The van der Waals surface area contributed by atoms with Gasteiger partial charge in [0.1, 0.15) is 11.6 Å². The molecule has 0 saturated heterocycles. The van der Waals surface area contributed by atoms with E-state index in [9.17, 15) is 9.50 Å². The molecule has 0 fully saturated rings. The van der Waals surface area contributed by atoms with Crippen LogP contribution in [0.25, 0.3) is 0 Å². The summed E-state index contributed by atoms with van der Waals surface area (Å²) in [6.07, 6.45) is 0. The van der Waals surface area contributed by atoms with Gasteiger partial charge in [0.25, 0.3) is 0 Å². The molecular formula is C10H13FO2. The van der Waals surface area contributed by atoms with Crippen LogP contribution in [0.4, 0.5) is 4.39 Å². The number of rotatable bonds is 2. The Morgan fingerprint density at radius 3 is 2.62 bits per heavy atom. The van der Waals surface area contributed by atoms with Crippen LogP contribution >= 0.6 is 0 Å². The minimum atomic E-state index is -0.468.